The van der Waals surface area contributed by atoms with E-state index in [0.29, 0.717) is 11.4 Å². The zero-order chi connectivity index (χ0) is 14.7. The minimum Gasteiger partial charge on any atom is -0.354 e. The van der Waals surface area contributed by atoms with Crippen LogP contribution >= 0.6 is 38.5 Å². The van der Waals surface area contributed by atoms with Gasteiger partial charge in [0.1, 0.15) is 0 Å². The van der Waals surface area contributed by atoms with Gasteiger partial charge in [-0.25, -0.2) is 0 Å². The summed E-state index contributed by atoms with van der Waals surface area (Å²) in [5, 5.41) is 14.0. The van der Waals surface area contributed by atoms with Gasteiger partial charge < -0.3 is 10.7 Å². The van der Waals surface area contributed by atoms with Crippen LogP contribution in [0.1, 0.15) is 0 Å². The molecule has 8 heteroatoms. The summed E-state index contributed by atoms with van der Waals surface area (Å²) in [5.74, 6) is 5.33. The van der Waals surface area contributed by atoms with Crippen molar-refractivity contribution < 1.29 is 4.92 Å². The fourth-order valence-corrected chi connectivity index (χ4v) is 2.45. The van der Waals surface area contributed by atoms with Gasteiger partial charge in [-0.15, -0.1) is 0 Å². The molecule has 0 amide bonds. The van der Waals surface area contributed by atoms with Crippen LogP contribution in [0, 0.1) is 13.7 Å². The van der Waals surface area contributed by atoms with Crippen molar-refractivity contribution in [1.29, 1.82) is 0 Å². The summed E-state index contributed by atoms with van der Waals surface area (Å²) in [4.78, 5) is 10.4. The highest BCUT2D eigenvalue weighted by Crippen LogP contribution is 2.30. The Morgan fingerprint density at radius 1 is 1.20 bits per heavy atom. The summed E-state index contributed by atoms with van der Waals surface area (Å²) in [7, 11) is 0. The molecular formula is C12H10BrIN4O2. The van der Waals surface area contributed by atoms with Gasteiger partial charge >= 0.3 is 0 Å². The van der Waals surface area contributed by atoms with Crippen LogP contribution in [0.15, 0.2) is 40.9 Å². The normalized spacial score (nSPS) is 10.2. The SMILES string of the molecule is NNc1cc(Nc2cc(Br)ccc2I)cc([N+](=O)[O-])c1. The van der Waals surface area contributed by atoms with Gasteiger partial charge in [-0.3, -0.25) is 16.0 Å². The summed E-state index contributed by atoms with van der Waals surface area (Å²) in [6.45, 7) is 0. The smallest absolute Gasteiger partial charge is 0.273 e. The summed E-state index contributed by atoms with van der Waals surface area (Å²) in [5.41, 5.74) is 4.29. The summed E-state index contributed by atoms with van der Waals surface area (Å²) >= 11 is 5.58. The molecule has 0 bridgehead atoms. The Kier molecular flexibility index (Phi) is 4.78. The van der Waals surface area contributed by atoms with Crippen molar-refractivity contribution in [2.75, 3.05) is 10.7 Å². The highest BCUT2D eigenvalue weighted by atomic mass is 127. The Morgan fingerprint density at radius 2 is 1.90 bits per heavy atom. The molecule has 0 aliphatic carbocycles. The predicted molar refractivity (Wildman–Crippen MR) is 91.0 cm³/mol. The lowest BCUT2D eigenvalue weighted by atomic mass is 10.2. The number of nitrogens with two attached hydrogens (primary N) is 1. The van der Waals surface area contributed by atoms with Crippen molar-refractivity contribution in [3.8, 4) is 0 Å². The van der Waals surface area contributed by atoms with Gasteiger partial charge in [0.05, 0.1) is 16.3 Å². The van der Waals surface area contributed by atoms with Crippen LogP contribution in [-0.4, -0.2) is 4.92 Å². The molecule has 0 saturated heterocycles. The Hall–Kier alpha value is -1.39. The molecule has 0 radical (unpaired) electrons. The van der Waals surface area contributed by atoms with Crippen LogP contribution in [0.4, 0.5) is 22.7 Å². The number of nitrogens with zero attached hydrogens (tertiary/aromatic N) is 1. The molecule has 20 heavy (non-hydrogen) atoms. The summed E-state index contributed by atoms with van der Waals surface area (Å²) < 4.78 is 1.92. The number of non-ortho nitro benzene ring substituents is 1. The van der Waals surface area contributed by atoms with E-state index in [0.717, 1.165) is 13.7 Å². The fraction of sp³-hybridized carbons (Fsp3) is 0. The average Bonchev–Trinajstić information content (AvgIpc) is 2.42. The van der Waals surface area contributed by atoms with Gasteiger partial charge in [-0.05, 0) is 46.9 Å². The third kappa shape index (κ3) is 3.58. The molecule has 0 aliphatic heterocycles. The number of rotatable bonds is 4. The topological polar surface area (TPSA) is 93.2 Å². The second-order valence-electron chi connectivity index (χ2n) is 3.92. The first-order chi connectivity index (χ1) is 9.49. The first-order valence-corrected chi connectivity index (χ1v) is 7.35. The molecule has 2 aromatic carbocycles. The molecular weight excluding hydrogens is 439 g/mol. The van der Waals surface area contributed by atoms with Gasteiger partial charge in [-0.1, -0.05) is 15.9 Å². The van der Waals surface area contributed by atoms with Crippen molar-refractivity contribution in [3.05, 3.63) is 54.6 Å². The van der Waals surface area contributed by atoms with Gasteiger partial charge in [0.25, 0.3) is 5.69 Å². The third-order valence-electron chi connectivity index (χ3n) is 2.50. The number of nitrogens with one attached hydrogen (secondary N) is 2. The molecule has 0 aliphatic rings. The maximum Gasteiger partial charge on any atom is 0.273 e. The molecule has 6 nitrogen and oxygen atoms in total. The number of nitrogen functional groups attached to an aromatic ring is 1. The quantitative estimate of drug-likeness (QED) is 0.284. The number of anilines is 3. The number of nitro benzene ring substituents is 1. The largest absolute Gasteiger partial charge is 0.354 e. The second kappa shape index (κ2) is 6.37. The zero-order valence-corrected chi connectivity index (χ0v) is 13.8. The number of hydrogen-bond donors (Lipinski definition) is 3. The molecule has 0 fully saturated rings. The molecule has 0 aromatic heterocycles. The van der Waals surface area contributed by atoms with Gasteiger partial charge in [0.2, 0.25) is 0 Å². The maximum absolute atomic E-state index is 10.9. The summed E-state index contributed by atoms with van der Waals surface area (Å²) in [6.07, 6.45) is 0. The van der Waals surface area contributed by atoms with Crippen molar-refractivity contribution in [2.45, 2.75) is 0 Å². The lowest BCUT2D eigenvalue weighted by molar-refractivity contribution is -0.384. The van der Waals surface area contributed by atoms with Crippen molar-refractivity contribution in [3.63, 3.8) is 0 Å². The molecule has 0 saturated carbocycles. The Labute approximate surface area is 137 Å². The van der Waals surface area contributed by atoms with E-state index in [1.807, 2.05) is 18.2 Å². The van der Waals surface area contributed by atoms with E-state index in [4.69, 9.17) is 5.84 Å². The van der Waals surface area contributed by atoms with E-state index in [-0.39, 0.29) is 5.69 Å². The minimum atomic E-state index is -0.460. The number of nitro groups is 1. The Morgan fingerprint density at radius 3 is 2.55 bits per heavy atom. The average molecular weight is 449 g/mol. The van der Waals surface area contributed by atoms with E-state index in [1.54, 1.807) is 6.07 Å². The van der Waals surface area contributed by atoms with E-state index < -0.39 is 4.92 Å². The Bertz CT molecular complexity index is 666. The van der Waals surface area contributed by atoms with Gasteiger partial charge in [-0.2, -0.15) is 0 Å². The van der Waals surface area contributed by atoms with Crippen molar-refractivity contribution >= 4 is 61.3 Å². The second-order valence-corrected chi connectivity index (χ2v) is 6.00. The predicted octanol–water partition coefficient (Wildman–Crippen LogP) is 3.99. The fourth-order valence-electron chi connectivity index (χ4n) is 1.62. The van der Waals surface area contributed by atoms with Crippen molar-refractivity contribution in [2.24, 2.45) is 5.84 Å². The lowest BCUT2D eigenvalue weighted by Gasteiger charge is -2.10. The first kappa shape index (κ1) is 15.0. The number of hydrogen-bond acceptors (Lipinski definition) is 5. The van der Waals surface area contributed by atoms with Crippen LogP contribution in [0.3, 0.4) is 0 Å². The zero-order valence-electron chi connectivity index (χ0n) is 10.1. The molecule has 4 N–H and O–H groups in total. The molecule has 0 spiro atoms. The van der Waals surface area contributed by atoms with Crippen LogP contribution in [0.2, 0.25) is 0 Å². The van der Waals surface area contributed by atoms with Crippen LogP contribution in [0.25, 0.3) is 0 Å². The summed E-state index contributed by atoms with van der Waals surface area (Å²) in [6, 6.07) is 10.3. The molecule has 2 rings (SSSR count). The Balaban J connectivity index is 2.39. The van der Waals surface area contributed by atoms with E-state index >= 15 is 0 Å². The van der Waals surface area contributed by atoms with Gasteiger partial charge in [0, 0.05) is 25.9 Å². The molecule has 0 heterocycles. The van der Waals surface area contributed by atoms with Gasteiger partial charge in [0.15, 0.2) is 0 Å². The highest BCUT2D eigenvalue weighted by molar-refractivity contribution is 14.1. The van der Waals surface area contributed by atoms with Crippen LogP contribution in [0.5, 0.6) is 0 Å². The van der Waals surface area contributed by atoms with E-state index in [1.165, 1.54) is 12.1 Å². The number of benzene rings is 2. The van der Waals surface area contributed by atoms with Crippen LogP contribution < -0.4 is 16.6 Å². The maximum atomic E-state index is 10.9. The third-order valence-corrected chi connectivity index (χ3v) is 3.94. The van der Waals surface area contributed by atoms with Crippen molar-refractivity contribution in [1.82, 2.24) is 0 Å². The lowest BCUT2D eigenvalue weighted by Crippen LogP contribution is -2.07. The standard InChI is InChI=1S/C12H10BrIN4O2/c13-7-1-2-11(14)12(3-7)16-8-4-9(17-15)6-10(5-8)18(19)20/h1-6,16-17H,15H2. The number of hydrazine groups is 1. The first-order valence-electron chi connectivity index (χ1n) is 5.48. The monoisotopic (exact) mass is 448 g/mol. The molecule has 0 atom stereocenters. The van der Waals surface area contributed by atoms with E-state index in [2.05, 4.69) is 49.3 Å². The molecule has 0 unspecified atom stereocenters. The van der Waals surface area contributed by atoms with Crippen LogP contribution in [-0.2, 0) is 0 Å². The van der Waals surface area contributed by atoms with E-state index in [9.17, 15) is 10.1 Å². The minimum absolute atomic E-state index is 0.0343. The molecule has 104 valence electrons. The highest BCUT2D eigenvalue weighted by Gasteiger charge is 2.10. The number of halogens is 2. The molecule has 2 aromatic rings.